The maximum Gasteiger partial charge on any atom is 0.360 e. The average molecular weight is 294 g/mol. The van der Waals surface area contributed by atoms with E-state index in [-0.39, 0.29) is 5.69 Å². The third-order valence-electron chi connectivity index (χ3n) is 2.93. The standard InChI is InChI=1S/C11H18N8O2/c1-3-6-18-9(13-15-17-18)7-19-8(4-5-12)10(14-16-19)11(20)21-2/h3-7,12H2,1-2H3. The molecule has 0 saturated carbocycles. The predicted octanol–water partition coefficient (Wildman–Crippen LogP) is -0.989. The van der Waals surface area contributed by atoms with Gasteiger partial charge in [0.15, 0.2) is 11.5 Å². The number of ether oxygens (including phenoxy) is 1. The van der Waals surface area contributed by atoms with Crippen LogP contribution in [0.25, 0.3) is 0 Å². The fourth-order valence-corrected chi connectivity index (χ4v) is 1.96. The molecule has 0 spiro atoms. The third-order valence-corrected chi connectivity index (χ3v) is 2.93. The van der Waals surface area contributed by atoms with E-state index < -0.39 is 5.97 Å². The highest BCUT2D eigenvalue weighted by molar-refractivity contribution is 5.88. The molecule has 10 nitrogen and oxygen atoms in total. The van der Waals surface area contributed by atoms with Gasteiger partial charge in [-0.2, -0.15) is 0 Å². The average Bonchev–Trinajstić information content (AvgIpc) is 3.08. The Morgan fingerprint density at radius 1 is 1.29 bits per heavy atom. The van der Waals surface area contributed by atoms with Gasteiger partial charge in [0.05, 0.1) is 12.8 Å². The van der Waals surface area contributed by atoms with Crippen LogP contribution in [0.15, 0.2) is 0 Å². The predicted molar refractivity (Wildman–Crippen MR) is 71.3 cm³/mol. The van der Waals surface area contributed by atoms with E-state index in [0.717, 1.165) is 6.42 Å². The summed E-state index contributed by atoms with van der Waals surface area (Å²) in [5, 5.41) is 19.4. The molecule has 0 aromatic carbocycles. The number of nitrogens with two attached hydrogens (primary N) is 1. The lowest BCUT2D eigenvalue weighted by atomic mass is 10.2. The van der Waals surface area contributed by atoms with E-state index in [1.807, 2.05) is 6.92 Å². The van der Waals surface area contributed by atoms with E-state index in [4.69, 9.17) is 10.5 Å². The highest BCUT2D eigenvalue weighted by Gasteiger charge is 2.21. The van der Waals surface area contributed by atoms with Crippen molar-refractivity contribution in [1.29, 1.82) is 0 Å². The smallest absolute Gasteiger partial charge is 0.360 e. The molecule has 0 fully saturated rings. The maximum absolute atomic E-state index is 11.7. The van der Waals surface area contributed by atoms with E-state index in [9.17, 15) is 4.79 Å². The van der Waals surface area contributed by atoms with Crippen LogP contribution in [0.3, 0.4) is 0 Å². The van der Waals surface area contributed by atoms with Crippen LogP contribution in [0.2, 0.25) is 0 Å². The molecule has 0 aliphatic heterocycles. The fraction of sp³-hybridized carbons (Fsp3) is 0.636. The number of nitrogens with zero attached hydrogens (tertiary/aromatic N) is 7. The molecule has 21 heavy (non-hydrogen) atoms. The Balaban J connectivity index is 2.29. The number of tetrazole rings is 1. The van der Waals surface area contributed by atoms with Gasteiger partial charge >= 0.3 is 5.97 Å². The molecular formula is C11H18N8O2. The highest BCUT2D eigenvalue weighted by Crippen LogP contribution is 2.09. The van der Waals surface area contributed by atoms with Gasteiger partial charge in [-0.1, -0.05) is 12.1 Å². The minimum atomic E-state index is -0.530. The Hall–Kier alpha value is -2.36. The number of carbonyl (C=O) groups is 1. The molecule has 0 aliphatic carbocycles. The van der Waals surface area contributed by atoms with Crippen molar-refractivity contribution in [3.63, 3.8) is 0 Å². The van der Waals surface area contributed by atoms with E-state index in [0.29, 0.717) is 37.6 Å². The summed E-state index contributed by atoms with van der Waals surface area (Å²) in [4.78, 5) is 11.7. The van der Waals surface area contributed by atoms with Gasteiger partial charge in [-0.25, -0.2) is 14.2 Å². The zero-order chi connectivity index (χ0) is 15.2. The summed E-state index contributed by atoms with van der Waals surface area (Å²) < 4.78 is 7.97. The van der Waals surface area contributed by atoms with Crippen LogP contribution >= 0.6 is 0 Å². The lowest BCUT2D eigenvalue weighted by Crippen LogP contribution is -2.17. The van der Waals surface area contributed by atoms with Gasteiger partial charge < -0.3 is 10.5 Å². The largest absolute Gasteiger partial charge is 0.464 e. The number of rotatable bonds is 7. The zero-order valence-electron chi connectivity index (χ0n) is 12.1. The second-order valence-electron chi connectivity index (χ2n) is 4.39. The van der Waals surface area contributed by atoms with Gasteiger partial charge in [0.1, 0.15) is 6.54 Å². The summed E-state index contributed by atoms with van der Waals surface area (Å²) >= 11 is 0. The molecule has 114 valence electrons. The second kappa shape index (κ2) is 6.88. The SMILES string of the molecule is CCCn1nnnc1Cn1nnc(C(=O)OC)c1CCN. The minimum absolute atomic E-state index is 0.178. The number of carbonyl (C=O) groups excluding carboxylic acids is 1. The van der Waals surface area contributed by atoms with Crippen molar-refractivity contribution in [3.05, 3.63) is 17.2 Å². The third kappa shape index (κ3) is 3.21. The van der Waals surface area contributed by atoms with Crippen molar-refractivity contribution in [3.8, 4) is 0 Å². The van der Waals surface area contributed by atoms with Gasteiger partial charge in [-0.3, -0.25) is 0 Å². The van der Waals surface area contributed by atoms with Crippen molar-refractivity contribution in [2.75, 3.05) is 13.7 Å². The van der Waals surface area contributed by atoms with Crippen molar-refractivity contribution in [2.24, 2.45) is 5.73 Å². The lowest BCUT2D eigenvalue weighted by Gasteiger charge is -2.06. The molecule has 0 radical (unpaired) electrons. The second-order valence-corrected chi connectivity index (χ2v) is 4.39. The molecule has 2 N–H and O–H groups in total. The van der Waals surface area contributed by atoms with Crippen LogP contribution in [0.5, 0.6) is 0 Å². The molecule has 0 atom stereocenters. The Kier molecular flexibility index (Phi) is 4.93. The van der Waals surface area contributed by atoms with Crippen molar-refractivity contribution < 1.29 is 9.53 Å². The molecule has 0 saturated heterocycles. The van der Waals surface area contributed by atoms with Crippen LogP contribution in [0.4, 0.5) is 0 Å². The van der Waals surface area contributed by atoms with Crippen LogP contribution in [0.1, 0.15) is 35.4 Å². The summed E-state index contributed by atoms with van der Waals surface area (Å²) in [6, 6.07) is 0. The molecule has 10 heteroatoms. The van der Waals surface area contributed by atoms with Gasteiger partial charge in [0, 0.05) is 13.0 Å². The summed E-state index contributed by atoms with van der Waals surface area (Å²) in [6.07, 6.45) is 1.38. The summed E-state index contributed by atoms with van der Waals surface area (Å²) in [5.74, 6) is 0.120. The molecule has 2 aromatic heterocycles. The van der Waals surface area contributed by atoms with Gasteiger partial charge in [0.25, 0.3) is 0 Å². The number of esters is 1. The summed E-state index contributed by atoms with van der Waals surface area (Å²) in [5.41, 5.74) is 6.38. The molecule has 2 heterocycles. The first-order valence-electron chi connectivity index (χ1n) is 6.67. The minimum Gasteiger partial charge on any atom is -0.464 e. The quantitative estimate of drug-likeness (QED) is 0.645. The molecular weight excluding hydrogens is 276 g/mol. The van der Waals surface area contributed by atoms with E-state index >= 15 is 0 Å². The van der Waals surface area contributed by atoms with Crippen molar-refractivity contribution in [1.82, 2.24) is 35.2 Å². The fourth-order valence-electron chi connectivity index (χ4n) is 1.96. The highest BCUT2D eigenvalue weighted by atomic mass is 16.5. The summed E-state index contributed by atoms with van der Waals surface area (Å²) in [7, 11) is 1.30. The van der Waals surface area contributed by atoms with E-state index in [2.05, 4.69) is 25.8 Å². The number of aromatic nitrogens is 7. The molecule has 0 bridgehead atoms. The maximum atomic E-state index is 11.7. The van der Waals surface area contributed by atoms with Gasteiger partial charge in [-0.05, 0) is 23.4 Å². The topological polar surface area (TPSA) is 127 Å². The molecule has 2 rings (SSSR count). The number of hydrogen-bond acceptors (Lipinski definition) is 8. The van der Waals surface area contributed by atoms with E-state index in [1.165, 1.54) is 7.11 Å². The van der Waals surface area contributed by atoms with Crippen LogP contribution in [-0.2, 0) is 24.2 Å². The number of methoxy groups -OCH3 is 1. The molecule has 0 amide bonds. The molecule has 0 unspecified atom stereocenters. The normalized spacial score (nSPS) is 10.8. The number of aryl methyl sites for hydroxylation is 1. The first kappa shape index (κ1) is 15.0. The van der Waals surface area contributed by atoms with Crippen molar-refractivity contribution in [2.45, 2.75) is 32.9 Å². The summed E-state index contributed by atoms with van der Waals surface area (Å²) in [6.45, 7) is 3.45. The number of hydrogen-bond donors (Lipinski definition) is 1. The first-order chi connectivity index (χ1) is 10.2. The Morgan fingerprint density at radius 2 is 2.10 bits per heavy atom. The Morgan fingerprint density at radius 3 is 2.76 bits per heavy atom. The van der Waals surface area contributed by atoms with Crippen molar-refractivity contribution >= 4 is 5.97 Å². The zero-order valence-corrected chi connectivity index (χ0v) is 12.1. The van der Waals surface area contributed by atoms with Gasteiger partial charge in [-0.15, -0.1) is 10.2 Å². The van der Waals surface area contributed by atoms with Crippen LogP contribution < -0.4 is 5.73 Å². The van der Waals surface area contributed by atoms with Crippen LogP contribution in [0, 0.1) is 0 Å². The van der Waals surface area contributed by atoms with E-state index in [1.54, 1.807) is 9.36 Å². The molecule has 0 aliphatic rings. The first-order valence-corrected chi connectivity index (χ1v) is 6.67. The monoisotopic (exact) mass is 294 g/mol. The Labute approximate surface area is 121 Å². The Bertz CT molecular complexity index is 605. The molecule has 2 aromatic rings. The lowest BCUT2D eigenvalue weighted by molar-refractivity contribution is 0.0592. The van der Waals surface area contributed by atoms with Gasteiger partial charge in [0.2, 0.25) is 0 Å². The van der Waals surface area contributed by atoms with Crippen LogP contribution in [-0.4, -0.2) is 54.8 Å².